The van der Waals surface area contributed by atoms with Gasteiger partial charge in [0.1, 0.15) is 0 Å². The van der Waals surface area contributed by atoms with Crippen molar-refractivity contribution in [1.29, 1.82) is 0 Å². The molecule has 0 radical (unpaired) electrons. The van der Waals surface area contributed by atoms with Crippen LogP contribution in [0.25, 0.3) is 0 Å². The Morgan fingerprint density at radius 3 is 2.58 bits per heavy atom. The van der Waals surface area contributed by atoms with E-state index in [1.165, 1.54) is 5.56 Å². The first-order chi connectivity index (χ1) is 9.16. The Hall–Kier alpha value is -1.55. The summed E-state index contributed by atoms with van der Waals surface area (Å²) in [5.41, 5.74) is 2.39. The third-order valence-corrected chi connectivity index (χ3v) is 4.19. The summed E-state index contributed by atoms with van der Waals surface area (Å²) < 4.78 is 0. The second-order valence-corrected chi connectivity index (χ2v) is 5.62. The summed E-state index contributed by atoms with van der Waals surface area (Å²) in [5.74, 6) is 0. The Balaban J connectivity index is 1.80. The minimum atomic E-state index is 0.172. The predicted molar refractivity (Wildman–Crippen MR) is 76.6 cm³/mol. The smallest absolute Gasteiger partial charge is 0.322 e. The molecule has 2 amide bonds. The Kier molecular flexibility index (Phi) is 3.19. The van der Waals surface area contributed by atoms with Crippen LogP contribution in [0.4, 0.5) is 10.5 Å². The highest BCUT2D eigenvalue weighted by atomic mass is 16.2. The number of amides is 2. The molecule has 2 aliphatic rings. The molecule has 1 aromatic rings. The highest BCUT2D eigenvalue weighted by Crippen LogP contribution is 2.32. The number of piperazine rings is 1. The quantitative estimate of drug-likeness (QED) is 0.710. The highest BCUT2D eigenvalue weighted by molar-refractivity contribution is 5.95. The number of nitrogens with zero attached hydrogens (tertiary/aromatic N) is 3. The fourth-order valence-electron chi connectivity index (χ4n) is 3.01. The van der Waals surface area contributed by atoms with Crippen LogP contribution >= 0.6 is 0 Å². The van der Waals surface area contributed by atoms with Gasteiger partial charge in [-0.2, -0.15) is 0 Å². The first-order valence-electron chi connectivity index (χ1n) is 7.01. The van der Waals surface area contributed by atoms with E-state index in [1.54, 1.807) is 0 Å². The zero-order valence-corrected chi connectivity index (χ0v) is 11.7. The summed E-state index contributed by atoms with van der Waals surface area (Å²) in [6, 6.07) is 8.70. The van der Waals surface area contributed by atoms with Gasteiger partial charge in [-0.25, -0.2) is 4.79 Å². The number of likely N-dealkylation sites (N-methyl/N-ethyl adjacent to an activating group) is 1. The van der Waals surface area contributed by atoms with Crippen LogP contribution in [-0.4, -0.2) is 55.1 Å². The standard InChI is InChI=1S/C15H21N3O/c1-12-11-13-5-3-4-6-14(13)18(12)15(19)17-9-7-16(2)8-10-17/h3-6,12H,7-11H2,1-2H3. The molecule has 102 valence electrons. The van der Waals surface area contributed by atoms with Crippen molar-refractivity contribution < 1.29 is 4.79 Å². The SMILES string of the molecule is CC1Cc2ccccc2N1C(=O)N1CCN(C)CC1. The zero-order valence-electron chi connectivity index (χ0n) is 11.7. The van der Waals surface area contributed by atoms with E-state index in [0.29, 0.717) is 0 Å². The molecule has 2 heterocycles. The summed E-state index contributed by atoms with van der Waals surface area (Å²) in [4.78, 5) is 18.9. The molecular weight excluding hydrogens is 238 g/mol. The van der Waals surface area contributed by atoms with Crippen molar-refractivity contribution >= 4 is 11.7 Å². The van der Waals surface area contributed by atoms with E-state index in [2.05, 4.69) is 37.1 Å². The average molecular weight is 259 g/mol. The summed E-state index contributed by atoms with van der Waals surface area (Å²) in [5, 5.41) is 0. The molecule has 1 atom stereocenters. The molecule has 1 fully saturated rings. The molecule has 1 aromatic carbocycles. The molecule has 3 rings (SSSR count). The van der Waals surface area contributed by atoms with Gasteiger partial charge >= 0.3 is 6.03 Å². The normalized spacial score (nSPS) is 23.6. The maximum atomic E-state index is 12.7. The number of rotatable bonds is 0. The van der Waals surface area contributed by atoms with Crippen molar-refractivity contribution in [3.05, 3.63) is 29.8 Å². The maximum absolute atomic E-state index is 12.7. The number of anilines is 1. The first kappa shape index (κ1) is 12.5. The van der Waals surface area contributed by atoms with Gasteiger partial charge in [0.05, 0.1) is 0 Å². The van der Waals surface area contributed by atoms with Gasteiger partial charge in [-0.1, -0.05) is 18.2 Å². The number of hydrogen-bond acceptors (Lipinski definition) is 2. The van der Waals surface area contributed by atoms with Gasteiger partial charge in [-0.3, -0.25) is 4.90 Å². The van der Waals surface area contributed by atoms with Crippen molar-refractivity contribution in [3.8, 4) is 0 Å². The molecule has 0 spiro atoms. The minimum Gasteiger partial charge on any atom is -0.322 e. The van der Waals surface area contributed by atoms with Crippen LogP contribution in [-0.2, 0) is 6.42 Å². The molecule has 1 saturated heterocycles. The largest absolute Gasteiger partial charge is 0.324 e. The molecule has 1 unspecified atom stereocenters. The van der Waals surface area contributed by atoms with Gasteiger partial charge in [0.2, 0.25) is 0 Å². The Bertz CT molecular complexity index is 480. The number of benzene rings is 1. The van der Waals surface area contributed by atoms with E-state index in [0.717, 1.165) is 38.3 Å². The monoisotopic (exact) mass is 259 g/mol. The van der Waals surface area contributed by atoms with Crippen LogP contribution in [0.1, 0.15) is 12.5 Å². The van der Waals surface area contributed by atoms with Crippen molar-refractivity contribution in [2.24, 2.45) is 0 Å². The second-order valence-electron chi connectivity index (χ2n) is 5.62. The summed E-state index contributed by atoms with van der Waals surface area (Å²) >= 11 is 0. The van der Waals surface area contributed by atoms with Crippen molar-refractivity contribution in [3.63, 3.8) is 0 Å². The highest BCUT2D eigenvalue weighted by Gasteiger charge is 2.34. The molecule has 0 aromatic heterocycles. The van der Waals surface area contributed by atoms with Crippen molar-refractivity contribution in [2.45, 2.75) is 19.4 Å². The van der Waals surface area contributed by atoms with Crippen LogP contribution < -0.4 is 4.90 Å². The number of carbonyl (C=O) groups excluding carboxylic acids is 1. The maximum Gasteiger partial charge on any atom is 0.324 e. The molecular formula is C15H21N3O. The summed E-state index contributed by atoms with van der Waals surface area (Å²) in [7, 11) is 2.11. The van der Waals surface area contributed by atoms with Gasteiger partial charge in [0.25, 0.3) is 0 Å². The lowest BCUT2D eigenvalue weighted by Crippen LogP contribution is -2.53. The van der Waals surface area contributed by atoms with Crippen LogP contribution in [0.2, 0.25) is 0 Å². The molecule has 0 saturated carbocycles. The zero-order chi connectivity index (χ0) is 13.4. The molecule has 2 aliphatic heterocycles. The Labute approximate surface area is 114 Å². The number of urea groups is 1. The van der Waals surface area contributed by atoms with E-state index in [4.69, 9.17) is 0 Å². The van der Waals surface area contributed by atoms with E-state index in [-0.39, 0.29) is 12.1 Å². The molecule has 0 bridgehead atoms. The molecule has 0 N–H and O–H groups in total. The van der Waals surface area contributed by atoms with Crippen LogP contribution in [0.15, 0.2) is 24.3 Å². The van der Waals surface area contributed by atoms with Gasteiger partial charge in [0.15, 0.2) is 0 Å². The second kappa shape index (κ2) is 4.85. The topological polar surface area (TPSA) is 26.8 Å². The fraction of sp³-hybridized carbons (Fsp3) is 0.533. The Morgan fingerprint density at radius 1 is 1.16 bits per heavy atom. The van der Waals surface area contributed by atoms with E-state index in [1.807, 2.05) is 15.9 Å². The minimum absolute atomic E-state index is 0.172. The fourth-order valence-corrected chi connectivity index (χ4v) is 3.01. The number of fused-ring (bicyclic) bond motifs is 1. The van der Waals surface area contributed by atoms with Gasteiger partial charge in [0, 0.05) is 37.9 Å². The number of carbonyl (C=O) groups is 1. The van der Waals surface area contributed by atoms with Crippen LogP contribution in [0.3, 0.4) is 0 Å². The molecule has 4 heteroatoms. The lowest BCUT2D eigenvalue weighted by atomic mass is 10.1. The van der Waals surface area contributed by atoms with Crippen LogP contribution in [0, 0.1) is 0 Å². The average Bonchev–Trinajstić information content (AvgIpc) is 2.74. The van der Waals surface area contributed by atoms with E-state index < -0.39 is 0 Å². The molecule has 19 heavy (non-hydrogen) atoms. The van der Waals surface area contributed by atoms with Gasteiger partial charge in [-0.15, -0.1) is 0 Å². The van der Waals surface area contributed by atoms with Crippen molar-refractivity contribution in [1.82, 2.24) is 9.80 Å². The van der Waals surface area contributed by atoms with Crippen LogP contribution in [0.5, 0.6) is 0 Å². The van der Waals surface area contributed by atoms with Gasteiger partial charge < -0.3 is 9.80 Å². The number of hydrogen-bond donors (Lipinski definition) is 0. The molecule has 4 nitrogen and oxygen atoms in total. The number of para-hydroxylation sites is 1. The Morgan fingerprint density at radius 2 is 1.84 bits per heavy atom. The van der Waals surface area contributed by atoms with Crippen molar-refractivity contribution in [2.75, 3.05) is 38.1 Å². The van der Waals surface area contributed by atoms with E-state index >= 15 is 0 Å². The predicted octanol–water partition coefficient (Wildman–Crippen LogP) is 1.81. The summed E-state index contributed by atoms with van der Waals surface area (Å²) in [6.07, 6.45) is 0.968. The van der Waals surface area contributed by atoms with Gasteiger partial charge in [-0.05, 0) is 32.0 Å². The summed E-state index contributed by atoms with van der Waals surface area (Å²) in [6.45, 7) is 5.74. The third kappa shape index (κ3) is 2.21. The lowest BCUT2D eigenvalue weighted by molar-refractivity contribution is 0.158. The van der Waals surface area contributed by atoms with E-state index in [9.17, 15) is 4.79 Å². The first-order valence-corrected chi connectivity index (χ1v) is 7.01. The third-order valence-electron chi connectivity index (χ3n) is 4.19. The lowest BCUT2D eigenvalue weighted by Gasteiger charge is -2.36. The molecule has 0 aliphatic carbocycles.